The van der Waals surface area contributed by atoms with Crippen LogP contribution in [0.4, 0.5) is 0 Å². The van der Waals surface area contributed by atoms with Crippen molar-refractivity contribution in [3.63, 3.8) is 0 Å². The number of rotatable bonds is 3. The van der Waals surface area contributed by atoms with Crippen LogP contribution in [0.15, 0.2) is 12.3 Å². The van der Waals surface area contributed by atoms with Crippen molar-refractivity contribution in [1.82, 2.24) is 14.7 Å². The van der Waals surface area contributed by atoms with E-state index in [4.69, 9.17) is 4.74 Å². The number of nitrogens with zero attached hydrogens (tertiary/aromatic N) is 3. The molecule has 1 aliphatic rings. The topological polar surface area (TPSA) is 30.3 Å². The van der Waals surface area contributed by atoms with Gasteiger partial charge in [-0.3, -0.25) is 9.58 Å². The fraction of sp³-hybridized carbons (Fsp3) is 0.750. The van der Waals surface area contributed by atoms with Crippen molar-refractivity contribution in [1.29, 1.82) is 0 Å². The van der Waals surface area contributed by atoms with Crippen LogP contribution >= 0.6 is 0 Å². The molecule has 2 heterocycles. The molecule has 1 aromatic rings. The highest BCUT2D eigenvalue weighted by atomic mass is 16.5. The van der Waals surface area contributed by atoms with E-state index in [1.165, 1.54) is 0 Å². The maximum absolute atomic E-state index is 5.77. The van der Waals surface area contributed by atoms with Crippen molar-refractivity contribution in [2.45, 2.75) is 39.5 Å². The number of hydrogen-bond donors (Lipinski definition) is 0. The van der Waals surface area contributed by atoms with E-state index in [1.54, 1.807) is 0 Å². The van der Waals surface area contributed by atoms with Crippen LogP contribution < -0.4 is 0 Å². The first-order chi connectivity index (χ1) is 7.65. The summed E-state index contributed by atoms with van der Waals surface area (Å²) in [6.07, 6.45) is 2.29. The lowest BCUT2D eigenvalue weighted by Crippen LogP contribution is -2.47. The normalized spacial score (nSPS) is 22.9. The van der Waals surface area contributed by atoms with Crippen LogP contribution in [-0.4, -0.2) is 46.5 Å². The lowest BCUT2D eigenvalue weighted by atomic mass is 10.2. The van der Waals surface area contributed by atoms with Gasteiger partial charge in [-0.05, 0) is 26.8 Å². The Bertz CT molecular complexity index is 335. The summed E-state index contributed by atoms with van der Waals surface area (Å²) < 4.78 is 7.75. The summed E-state index contributed by atoms with van der Waals surface area (Å²) in [6, 6.07) is 2.63. The lowest BCUT2D eigenvalue weighted by molar-refractivity contribution is -0.0469. The molecule has 0 bridgehead atoms. The highest BCUT2D eigenvalue weighted by Gasteiger charge is 2.22. The second-order valence-electron chi connectivity index (χ2n) is 4.76. The minimum atomic E-state index is 0.274. The van der Waals surface area contributed by atoms with E-state index in [-0.39, 0.29) is 6.10 Å². The van der Waals surface area contributed by atoms with Gasteiger partial charge in [-0.1, -0.05) is 0 Å². The number of ether oxygens (including phenoxy) is 1. The molecule has 4 heteroatoms. The van der Waals surface area contributed by atoms with Gasteiger partial charge in [-0.2, -0.15) is 5.10 Å². The van der Waals surface area contributed by atoms with Crippen molar-refractivity contribution in [3.8, 4) is 0 Å². The van der Waals surface area contributed by atoms with E-state index < -0.39 is 0 Å². The van der Waals surface area contributed by atoms with E-state index in [0.29, 0.717) is 6.04 Å². The van der Waals surface area contributed by atoms with Gasteiger partial charge in [-0.15, -0.1) is 0 Å². The number of aryl methyl sites for hydroxylation is 1. The second kappa shape index (κ2) is 4.97. The van der Waals surface area contributed by atoms with Crippen molar-refractivity contribution in [3.05, 3.63) is 18.0 Å². The molecule has 1 atom stereocenters. The maximum Gasteiger partial charge on any atom is 0.0898 e. The summed E-state index contributed by atoms with van der Waals surface area (Å²) in [7, 11) is 0. The van der Waals surface area contributed by atoms with Crippen LogP contribution in [0.3, 0.4) is 0 Å². The Morgan fingerprint density at radius 2 is 2.38 bits per heavy atom. The molecule has 0 N–H and O–H groups in total. The Balaban J connectivity index is 1.90. The average molecular weight is 223 g/mol. The van der Waals surface area contributed by atoms with Crippen LogP contribution in [0.5, 0.6) is 0 Å². The summed E-state index contributed by atoms with van der Waals surface area (Å²) in [6.45, 7) is 10.2. The van der Waals surface area contributed by atoms with Crippen molar-refractivity contribution in [2.75, 3.05) is 19.7 Å². The molecule has 1 aromatic heterocycles. The molecule has 1 unspecified atom stereocenters. The Morgan fingerprint density at radius 3 is 3.00 bits per heavy atom. The molecule has 90 valence electrons. The van der Waals surface area contributed by atoms with Gasteiger partial charge in [-0.25, -0.2) is 0 Å². The van der Waals surface area contributed by atoms with E-state index in [1.807, 2.05) is 23.9 Å². The molecule has 0 radical (unpaired) electrons. The zero-order valence-corrected chi connectivity index (χ0v) is 10.4. The highest BCUT2D eigenvalue weighted by molar-refractivity contribution is 4.95. The molecule has 0 aliphatic carbocycles. The zero-order chi connectivity index (χ0) is 11.5. The van der Waals surface area contributed by atoms with Gasteiger partial charge in [0.2, 0.25) is 0 Å². The Morgan fingerprint density at radius 1 is 1.56 bits per heavy atom. The predicted molar refractivity (Wildman–Crippen MR) is 63.4 cm³/mol. The van der Waals surface area contributed by atoms with Crippen LogP contribution in [0.1, 0.15) is 19.5 Å². The minimum Gasteiger partial charge on any atom is -0.374 e. The molecular formula is C12H21N3O. The third-order valence-corrected chi connectivity index (χ3v) is 3.07. The smallest absolute Gasteiger partial charge is 0.0898 e. The first kappa shape index (κ1) is 11.6. The minimum absolute atomic E-state index is 0.274. The van der Waals surface area contributed by atoms with Gasteiger partial charge in [0.05, 0.1) is 24.9 Å². The molecule has 4 nitrogen and oxygen atoms in total. The van der Waals surface area contributed by atoms with Gasteiger partial charge in [0, 0.05) is 25.3 Å². The van der Waals surface area contributed by atoms with Crippen molar-refractivity contribution in [2.24, 2.45) is 0 Å². The number of hydrogen-bond acceptors (Lipinski definition) is 3. The first-order valence-corrected chi connectivity index (χ1v) is 6.01. The molecule has 1 aliphatic heterocycles. The first-order valence-electron chi connectivity index (χ1n) is 6.01. The molecule has 0 saturated carbocycles. The maximum atomic E-state index is 5.77. The Kier molecular flexibility index (Phi) is 3.61. The van der Waals surface area contributed by atoms with Crippen molar-refractivity contribution < 1.29 is 4.74 Å². The van der Waals surface area contributed by atoms with Crippen LogP contribution in [0.25, 0.3) is 0 Å². The fourth-order valence-corrected chi connectivity index (χ4v) is 2.10. The summed E-state index contributed by atoms with van der Waals surface area (Å²) >= 11 is 0. The van der Waals surface area contributed by atoms with E-state index in [0.717, 1.165) is 31.9 Å². The summed E-state index contributed by atoms with van der Waals surface area (Å²) in [5, 5.41) is 4.39. The van der Waals surface area contributed by atoms with Gasteiger partial charge >= 0.3 is 0 Å². The quantitative estimate of drug-likeness (QED) is 0.774. The van der Waals surface area contributed by atoms with Gasteiger partial charge < -0.3 is 4.74 Å². The summed E-state index contributed by atoms with van der Waals surface area (Å²) in [5.74, 6) is 0. The second-order valence-corrected chi connectivity index (χ2v) is 4.76. The van der Waals surface area contributed by atoms with Gasteiger partial charge in [0.15, 0.2) is 0 Å². The Labute approximate surface area is 97.2 Å². The monoisotopic (exact) mass is 223 g/mol. The zero-order valence-electron chi connectivity index (χ0n) is 10.4. The summed E-state index contributed by atoms with van der Waals surface area (Å²) in [5.41, 5.74) is 1.07. The third-order valence-electron chi connectivity index (χ3n) is 3.07. The van der Waals surface area contributed by atoms with E-state index in [2.05, 4.69) is 23.8 Å². The number of aromatic nitrogens is 2. The number of morpholine rings is 1. The molecule has 2 rings (SSSR count). The highest BCUT2D eigenvalue weighted by Crippen LogP contribution is 2.10. The van der Waals surface area contributed by atoms with Gasteiger partial charge in [0.1, 0.15) is 0 Å². The molecule has 16 heavy (non-hydrogen) atoms. The standard InChI is InChI=1S/C12H21N3O/c1-10(2)14-6-7-16-12(8-14)9-15-5-4-11(3)13-15/h4-5,10,12H,6-9H2,1-3H3. The molecule has 0 aromatic carbocycles. The van der Waals surface area contributed by atoms with Gasteiger partial charge in [0.25, 0.3) is 0 Å². The average Bonchev–Trinajstić information content (AvgIpc) is 2.64. The molecule has 1 fully saturated rings. The van der Waals surface area contributed by atoms with Crippen LogP contribution in [-0.2, 0) is 11.3 Å². The van der Waals surface area contributed by atoms with E-state index in [9.17, 15) is 0 Å². The fourth-order valence-electron chi connectivity index (χ4n) is 2.10. The Hall–Kier alpha value is -0.870. The molecule has 0 amide bonds. The largest absolute Gasteiger partial charge is 0.374 e. The SMILES string of the molecule is Cc1ccn(CC2CN(C(C)C)CCO2)n1. The van der Waals surface area contributed by atoms with Crippen LogP contribution in [0, 0.1) is 6.92 Å². The molecule has 0 spiro atoms. The molecule has 1 saturated heterocycles. The molecular weight excluding hydrogens is 202 g/mol. The van der Waals surface area contributed by atoms with E-state index >= 15 is 0 Å². The lowest BCUT2D eigenvalue weighted by Gasteiger charge is -2.35. The predicted octanol–water partition coefficient (Wildman–Crippen LogP) is 1.30. The van der Waals surface area contributed by atoms with Crippen molar-refractivity contribution >= 4 is 0 Å². The summed E-state index contributed by atoms with van der Waals surface area (Å²) in [4.78, 5) is 2.46. The van der Waals surface area contributed by atoms with Crippen LogP contribution in [0.2, 0.25) is 0 Å². The third kappa shape index (κ3) is 2.83.